The van der Waals surface area contributed by atoms with Gasteiger partial charge >= 0.3 is 0 Å². The normalized spacial score (nSPS) is 11.0. The van der Waals surface area contributed by atoms with Crippen LogP contribution in [-0.4, -0.2) is 0 Å². The van der Waals surface area contributed by atoms with E-state index in [2.05, 4.69) is 170 Å². The molecule has 0 N–H and O–H groups in total. The van der Waals surface area contributed by atoms with E-state index >= 15 is 0 Å². The second kappa shape index (κ2) is 12.6. The second-order valence-electron chi connectivity index (χ2n) is 11.6. The zero-order valence-corrected chi connectivity index (χ0v) is 26.2. The molecule has 1 aliphatic carbocycles. The largest absolute Gasteiger partial charge is 0.0776 e. The van der Waals surface area contributed by atoms with E-state index in [0.717, 1.165) is 0 Å². The third kappa shape index (κ3) is 4.77. The Labute approximate surface area is 278 Å². The summed E-state index contributed by atoms with van der Waals surface area (Å²) in [5, 5.41) is 5.21. The van der Waals surface area contributed by atoms with Crippen LogP contribution in [0.4, 0.5) is 0 Å². The van der Waals surface area contributed by atoms with Crippen molar-refractivity contribution in [3.8, 4) is 66.8 Å². The maximum absolute atomic E-state index is 2.38. The maximum atomic E-state index is 2.38. The van der Waals surface area contributed by atoms with Gasteiger partial charge in [-0.15, -0.1) is 0 Å². The molecule has 0 spiro atoms. The molecule has 0 heterocycles. The summed E-state index contributed by atoms with van der Waals surface area (Å²) >= 11 is 0. The van der Waals surface area contributed by atoms with Crippen molar-refractivity contribution < 1.29 is 0 Å². The lowest BCUT2D eigenvalue weighted by molar-refractivity contribution is 1.50. The predicted octanol–water partition coefficient (Wildman–Crippen LogP) is 14.0. The molecular formula is C47H38. The Hall–Kier alpha value is -5.72. The first kappa shape index (κ1) is 30.0. The Bertz CT molecular complexity index is 2260. The van der Waals surface area contributed by atoms with Crippen molar-refractivity contribution in [3.05, 3.63) is 170 Å². The van der Waals surface area contributed by atoms with Crippen LogP contribution in [-0.2, 0) is 0 Å². The van der Waals surface area contributed by atoms with Gasteiger partial charge in [0, 0.05) is 0 Å². The van der Waals surface area contributed by atoms with Gasteiger partial charge in [-0.25, -0.2) is 0 Å². The molecule has 47 heavy (non-hydrogen) atoms. The molecule has 0 unspecified atom stereocenters. The fourth-order valence-electron chi connectivity index (χ4n) is 7.43. The molecule has 0 amide bonds. The van der Waals surface area contributed by atoms with Crippen molar-refractivity contribution in [3.63, 3.8) is 0 Å². The third-order valence-electron chi connectivity index (χ3n) is 9.22. The first-order valence-corrected chi connectivity index (χ1v) is 16.3. The van der Waals surface area contributed by atoms with Crippen molar-refractivity contribution in [1.29, 1.82) is 0 Å². The molecule has 1 aliphatic rings. The summed E-state index contributed by atoms with van der Waals surface area (Å²) in [7, 11) is 0. The summed E-state index contributed by atoms with van der Waals surface area (Å²) in [6.07, 6.45) is 0. The van der Waals surface area contributed by atoms with Crippen LogP contribution in [0.3, 0.4) is 0 Å². The van der Waals surface area contributed by atoms with Gasteiger partial charge in [0.1, 0.15) is 0 Å². The molecule has 0 aliphatic heterocycles. The van der Waals surface area contributed by atoms with Gasteiger partial charge in [0.05, 0.1) is 0 Å². The molecule has 8 aromatic rings. The van der Waals surface area contributed by atoms with Crippen LogP contribution < -0.4 is 0 Å². The van der Waals surface area contributed by atoms with Crippen LogP contribution in [0.25, 0.3) is 88.3 Å². The van der Waals surface area contributed by atoms with E-state index in [9.17, 15) is 0 Å². The summed E-state index contributed by atoms with van der Waals surface area (Å²) < 4.78 is 0. The highest BCUT2D eigenvalue weighted by molar-refractivity contribution is 6.29. The third-order valence-corrected chi connectivity index (χ3v) is 9.22. The van der Waals surface area contributed by atoms with E-state index in [-0.39, 0.29) is 7.43 Å². The smallest absolute Gasteiger partial charge is 0.000741 e. The zero-order valence-electron chi connectivity index (χ0n) is 26.2. The minimum absolute atomic E-state index is 0. The summed E-state index contributed by atoms with van der Waals surface area (Å²) in [5.74, 6) is 0. The topological polar surface area (TPSA) is 0 Å². The average molecular weight is 603 g/mol. The van der Waals surface area contributed by atoms with E-state index < -0.39 is 0 Å². The quantitative estimate of drug-likeness (QED) is 0.188. The van der Waals surface area contributed by atoms with Gasteiger partial charge in [0.15, 0.2) is 0 Å². The molecule has 0 aromatic heterocycles. The lowest BCUT2D eigenvalue weighted by atomic mass is 9.82. The van der Waals surface area contributed by atoms with Gasteiger partial charge < -0.3 is 0 Å². The van der Waals surface area contributed by atoms with Crippen molar-refractivity contribution in [2.24, 2.45) is 0 Å². The SMILES string of the molecule is C.CC.c1ccc(-c2ccccc2-c2ccc3c4c(cccc24)-c2c-3c(-c3ccccc3)c3ccccc3c2-c2ccccc2)cc1. The summed E-state index contributed by atoms with van der Waals surface area (Å²) in [6, 6.07) is 62.0. The Balaban J connectivity index is 0.00000115. The van der Waals surface area contributed by atoms with Crippen LogP contribution in [0.5, 0.6) is 0 Å². The van der Waals surface area contributed by atoms with Crippen molar-refractivity contribution in [2.45, 2.75) is 21.3 Å². The molecule has 0 saturated heterocycles. The lowest BCUT2D eigenvalue weighted by Crippen LogP contribution is -1.93. The van der Waals surface area contributed by atoms with Gasteiger partial charge in [-0.1, -0.05) is 191 Å². The molecule has 0 radical (unpaired) electrons. The van der Waals surface area contributed by atoms with Crippen molar-refractivity contribution in [2.75, 3.05) is 0 Å². The number of hydrogen-bond donors (Lipinski definition) is 0. The number of hydrogen-bond acceptors (Lipinski definition) is 0. The summed E-state index contributed by atoms with van der Waals surface area (Å²) in [6.45, 7) is 4.00. The summed E-state index contributed by atoms with van der Waals surface area (Å²) in [4.78, 5) is 0. The van der Waals surface area contributed by atoms with Gasteiger partial charge in [-0.05, 0) is 88.3 Å². The highest BCUT2D eigenvalue weighted by atomic mass is 14.3. The Kier molecular flexibility index (Phi) is 8.02. The van der Waals surface area contributed by atoms with Crippen molar-refractivity contribution in [1.82, 2.24) is 0 Å². The maximum Gasteiger partial charge on any atom is -0.000741 e. The zero-order chi connectivity index (χ0) is 31.0. The molecule has 0 bridgehead atoms. The average Bonchev–Trinajstić information content (AvgIpc) is 3.47. The summed E-state index contributed by atoms with van der Waals surface area (Å²) in [5.41, 5.74) is 15.4. The fraction of sp³-hybridized carbons (Fsp3) is 0.0638. The molecule has 226 valence electrons. The Morgan fingerprint density at radius 2 is 0.638 bits per heavy atom. The molecule has 0 atom stereocenters. The first-order valence-electron chi connectivity index (χ1n) is 16.3. The molecule has 0 heteroatoms. The fourth-order valence-corrected chi connectivity index (χ4v) is 7.43. The Morgan fingerprint density at radius 3 is 1.19 bits per heavy atom. The minimum atomic E-state index is 0. The van der Waals surface area contributed by atoms with Crippen LogP contribution in [0.1, 0.15) is 21.3 Å². The standard InChI is InChI=1S/C44H28.C2H6.CH4/c1-4-15-29(16-5-1)32-21-10-11-22-33(32)34-27-28-39-42-35(34)25-14-26-38(42)43-40(30-17-6-2-7-18-30)36-23-12-13-24-37(36)41(44(39)43)31-19-8-3-9-20-31;1-2;/h1-28H;1-2H3;1H4. The highest BCUT2D eigenvalue weighted by Gasteiger charge is 2.31. The molecule has 0 nitrogen and oxygen atoms in total. The number of rotatable bonds is 4. The molecule has 0 fully saturated rings. The second-order valence-corrected chi connectivity index (χ2v) is 11.6. The molecular weight excluding hydrogens is 565 g/mol. The van der Waals surface area contributed by atoms with Gasteiger partial charge in [0.25, 0.3) is 0 Å². The molecule has 0 saturated carbocycles. The molecule has 8 aromatic carbocycles. The highest BCUT2D eigenvalue weighted by Crippen LogP contribution is 2.58. The van der Waals surface area contributed by atoms with E-state index in [1.807, 2.05) is 13.8 Å². The van der Waals surface area contributed by atoms with Gasteiger partial charge in [-0.2, -0.15) is 0 Å². The predicted molar refractivity (Wildman–Crippen MR) is 206 cm³/mol. The van der Waals surface area contributed by atoms with Gasteiger partial charge in [-0.3, -0.25) is 0 Å². The van der Waals surface area contributed by atoms with Crippen LogP contribution in [0.2, 0.25) is 0 Å². The van der Waals surface area contributed by atoms with E-state index in [0.29, 0.717) is 0 Å². The van der Waals surface area contributed by atoms with Crippen molar-refractivity contribution >= 4 is 21.5 Å². The lowest BCUT2D eigenvalue weighted by Gasteiger charge is -2.20. The Morgan fingerprint density at radius 1 is 0.255 bits per heavy atom. The van der Waals surface area contributed by atoms with Crippen LogP contribution >= 0.6 is 0 Å². The van der Waals surface area contributed by atoms with Crippen LogP contribution in [0, 0.1) is 0 Å². The first-order chi connectivity index (χ1) is 22.9. The van der Waals surface area contributed by atoms with E-state index in [4.69, 9.17) is 0 Å². The molecule has 9 rings (SSSR count). The van der Waals surface area contributed by atoms with Gasteiger partial charge in [0.2, 0.25) is 0 Å². The number of fused-ring (bicyclic) bond motifs is 4. The van der Waals surface area contributed by atoms with E-state index in [1.165, 1.54) is 88.3 Å². The van der Waals surface area contributed by atoms with E-state index in [1.54, 1.807) is 0 Å². The monoisotopic (exact) mass is 602 g/mol. The minimum Gasteiger partial charge on any atom is -0.0776 e. The van der Waals surface area contributed by atoms with Crippen LogP contribution in [0.15, 0.2) is 170 Å². The number of benzene rings is 8.